The Labute approximate surface area is 167 Å². The molecular formula is C21H23F2NO5. The number of nitrogens with zero attached hydrogens (tertiary/aromatic N) is 1. The van der Waals surface area contributed by atoms with E-state index < -0.39 is 29.7 Å². The highest BCUT2D eigenvalue weighted by Gasteiger charge is 2.38. The van der Waals surface area contributed by atoms with Gasteiger partial charge in [-0.3, -0.25) is 9.69 Å². The molecule has 1 fully saturated rings. The van der Waals surface area contributed by atoms with E-state index in [1.165, 1.54) is 27.4 Å². The normalized spacial score (nSPS) is 17.8. The van der Waals surface area contributed by atoms with Gasteiger partial charge in [0.1, 0.15) is 17.7 Å². The lowest BCUT2D eigenvalue weighted by molar-refractivity contribution is -0.142. The second-order valence-electron chi connectivity index (χ2n) is 6.76. The SMILES string of the molecule is COc1cc(C(c2ccc(F)cc2F)N2CCCC2C(=O)O)cc(OC)c1OC. The fourth-order valence-electron chi connectivity index (χ4n) is 3.90. The average molecular weight is 407 g/mol. The number of carbonyl (C=O) groups is 1. The number of aliphatic carboxylic acids is 1. The molecule has 156 valence electrons. The lowest BCUT2D eigenvalue weighted by Gasteiger charge is -2.32. The molecule has 6 nitrogen and oxygen atoms in total. The van der Waals surface area contributed by atoms with Crippen LogP contribution in [-0.4, -0.2) is 49.9 Å². The summed E-state index contributed by atoms with van der Waals surface area (Å²) in [6.45, 7) is 0.453. The second kappa shape index (κ2) is 8.65. The van der Waals surface area contributed by atoms with E-state index in [0.29, 0.717) is 42.2 Å². The summed E-state index contributed by atoms with van der Waals surface area (Å²) >= 11 is 0. The van der Waals surface area contributed by atoms with Crippen LogP contribution in [-0.2, 0) is 4.79 Å². The molecule has 1 heterocycles. The molecule has 2 aromatic carbocycles. The van der Waals surface area contributed by atoms with Crippen LogP contribution in [0.4, 0.5) is 8.78 Å². The Bertz CT molecular complexity index is 880. The first-order valence-corrected chi connectivity index (χ1v) is 9.14. The first kappa shape index (κ1) is 20.9. The van der Waals surface area contributed by atoms with Crippen LogP contribution < -0.4 is 14.2 Å². The van der Waals surface area contributed by atoms with Crippen molar-refractivity contribution in [2.45, 2.75) is 24.9 Å². The third-order valence-corrected chi connectivity index (χ3v) is 5.17. The number of methoxy groups -OCH3 is 3. The maximum absolute atomic E-state index is 14.8. The molecule has 1 N–H and O–H groups in total. The lowest BCUT2D eigenvalue weighted by Crippen LogP contribution is -2.39. The Morgan fingerprint density at radius 2 is 1.76 bits per heavy atom. The summed E-state index contributed by atoms with van der Waals surface area (Å²) < 4.78 is 44.4. The molecule has 0 radical (unpaired) electrons. The van der Waals surface area contributed by atoms with E-state index in [1.54, 1.807) is 17.0 Å². The zero-order valence-electron chi connectivity index (χ0n) is 16.4. The summed E-state index contributed by atoms with van der Waals surface area (Å²) in [5, 5.41) is 9.66. The van der Waals surface area contributed by atoms with Crippen LogP contribution in [0.15, 0.2) is 30.3 Å². The maximum Gasteiger partial charge on any atom is 0.320 e. The highest BCUT2D eigenvalue weighted by atomic mass is 19.1. The molecule has 0 amide bonds. The van der Waals surface area contributed by atoms with Crippen LogP contribution in [0, 0.1) is 11.6 Å². The number of rotatable bonds is 7. The van der Waals surface area contributed by atoms with Gasteiger partial charge in [0, 0.05) is 18.2 Å². The number of likely N-dealkylation sites (tertiary alicyclic amines) is 1. The fourth-order valence-corrected chi connectivity index (χ4v) is 3.90. The molecule has 0 spiro atoms. The van der Waals surface area contributed by atoms with E-state index in [1.807, 2.05) is 0 Å². The fraction of sp³-hybridized carbons (Fsp3) is 0.381. The Morgan fingerprint density at radius 1 is 1.10 bits per heavy atom. The molecular weight excluding hydrogens is 384 g/mol. The number of carboxylic acids is 1. The molecule has 3 rings (SSSR count). The van der Waals surface area contributed by atoms with Crippen molar-refractivity contribution in [3.63, 3.8) is 0 Å². The van der Waals surface area contributed by atoms with Gasteiger partial charge in [0.2, 0.25) is 5.75 Å². The van der Waals surface area contributed by atoms with Gasteiger partial charge in [-0.1, -0.05) is 6.07 Å². The van der Waals surface area contributed by atoms with E-state index in [2.05, 4.69) is 0 Å². The standard InChI is InChI=1S/C21H23F2NO5/c1-27-17-9-12(10-18(28-2)20(17)29-3)19(14-7-6-13(22)11-15(14)23)24-8-4-5-16(24)21(25)26/h6-7,9-11,16,19H,4-5,8H2,1-3H3,(H,25,26). The van der Waals surface area contributed by atoms with E-state index in [-0.39, 0.29) is 5.56 Å². The molecule has 2 unspecified atom stereocenters. The van der Waals surface area contributed by atoms with Crippen LogP contribution in [0.25, 0.3) is 0 Å². The average Bonchev–Trinajstić information content (AvgIpc) is 3.18. The van der Waals surface area contributed by atoms with Crippen molar-refractivity contribution in [1.29, 1.82) is 0 Å². The van der Waals surface area contributed by atoms with Crippen molar-refractivity contribution in [3.05, 3.63) is 53.1 Å². The number of hydrogen-bond donors (Lipinski definition) is 1. The number of hydrogen-bond acceptors (Lipinski definition) is 5. The van der Waals surface area contributed by atoms with Crippen molar-refractivity contribution in [2.75, 3.05) is 27.9 Å². The minimum atomic E-state index is -0.984. The lowest BCUT2D eigenvalue weighted by atomic mass is 9.95. The Kier molecular flexibility index (Phi) is 6.22. The number of ether oxygens (including phenoxy) is 3. The van der Waals surface area contributed by atoms with Gasteiger partial charge in [-0.2, -0.15) is 0 Å². The number of halogens is 2. The predicted molar refractivity (Wildman–Crippen MR) is 102 cm³/mol. The maximum atomic E-state index is 14.8. The van der Waals surface area contributed by atoms with Crippen molar-refractivity contribution in [3.8, 4) is 17.2 Å². The molecule has 0 bridgehead atoms. The first-order chi connectivity index (χ1) is 13.9. The third kappa shape index (κ3) is 3.98. The molecule has 2 aromatic rings. The van der Waals surface area contributed by atoms with E-state index in [9.17, 15) is 18.7 Å². The summed E-state index contributed by atoms with van der Waals surface area (Å²) in [7, 11) is 4.40. The molecule has 1 saturated heterocycles. The van der Waals surface area contributed by atoms with Crippen LogP contribution in [0.3, 0.4) is 0 Å². The van der Waals surface area contributed by atoms with Gasteiger partial charge in [-0.25, -0.2) is 8.78 Å². The first-order valence-electron chi connectivity index (χ1n) is 9.14. The molecule has 0 aromatic heterocycles. The van der Waals surface area contributed by atoms with Gasteiger partial charge < -0.3 is 19.3 Å². The monoisotopic (exact) mass is 407 g/mol. The molecule has 8 heteroatoms. The summed E-state index contributed by atoms with van der Waals surface area (Å²) in [5.41, 5.74) is 0.729. The van der Waals surface area contributed by atoms with Crippen LogP contribution in [0.2, 0.25) is 0 Å². The highest BCUT2D eigenvalue weighted by molar-refractivity contribution is 5.74. The van der Waals surface area contributed by atoms with Crippen LogP contribution >= 0.6 is 0 Å². The van der Waals surface area contributed by atoms with Crippen LogP contribution in [0.1, 0.15) is 30.0 Å². The minimum Gasteiger partial charge on any atom is -0.493 e. The molecule has 0 aliphatic carbocycles. The molecule has 29 heavy (non-hydrogen) atoms. The van der Waals surface area contributed by atoms with Gasteiger partial charge in [-0.05, 0) is 36.6 Å². The largest absolute Gasteiger partial charge is 0.493 e. The zero-order chi connectivity index (χ0) is 21.1. The van der Waals surface area contributed by atoms with Gasteiger partial charge in [0.15, 0.2) is 11.5 Å². The quantitative estimate of drug-likeness (QED) is 0.756. The topological polar surface area (TPSA) is 68.2 Å². The van der Waals surface area contributed by atoms with E-state index >= 15 is 0 Å². The van der Waals surface area contributed by atoms with Gasteiger partial charge in [0.25, 0.3) is 0 Å². The smallest absolute Gasteiger partial charge is 0.320 e. The third-order valence-electron chi connectivity index (χ3n) is 5.17. The van der Waals surface area contributed by atoms with Crippen molar-refractivity contribution in [1.82, 2.24) is 4.90 Å². The Morgan fingerprint density at radius 3 is 2.28 bits per heavy atom. The minimum absolute atomic E-state index is 0.175. The zero-order valence-corrected chi connectivity index (χ0v) is 16.4. The molecule has 1 aliphatic rings. The number of carboxylic acid groups (broad SMARTS) is 1. The van der Waals surface area contributed by atoms with Crippen LogP contribution in [0.5, 0.6) is 17.2 Å². The Hall–Kier alpha value is -2.87. The Balaban J connectivity index is 2.22. The summed E-state index contributed by atoms with van der Waals surface area (Å²) in [6, 6.07) is 5.06. The van der Waals surface area contributed by atoms with E-state index in [0.717, 1.165) is 12.1 Å². The van der Waals surface area contributed by atoms with Gasteiger partial charge >= 0.3 is 5.97 Å². The highest BCUT2D eigenvalue weighted by Crippen LogP contribution is 2.44. The van der Waals surface area contributed by atoms with E-state index in [4.69, 9.17) is 14.2 Å². The van der Waals surface area contributed by atoms with Gasteiger partial charge in [-0.15, -0.1) is 0 Å². The molecule has 1 aliphatic heterocycles. The predicted octanol–water partition coefficient (Wildman–Crippen LogP) is 3.63. The summed E-state index contributed by atoms with van der Waals surface area (Å²) in [5.74, 6) is -1.34. The number of benzene rings is 2. The van der Waals surface area contributed by atoms with Gasteiger partial charge in [0.05, 0.1) is 27.4 Å². The van der Waals surface area contributed by atoms with Crippen molar-refractivity contribution in [2.24, 2.45) is 0 Å². The van der Waals surface area contributed by atoms with Crippen molar-refractivity contribution < 1.29 is 32.9 Å². The molecule has 0 saturated carbocycles. The summed E-state index contributed by atoms with van der Waals surface area (Å²) in [6.07, 6.45) is 1.10. The van der Waals surface area contributed by atoms with Crippen molar-refractivity contribution >= 4 is 5.97 Å². The summed E-state index contributed by atoms with van der Waals surface area (Å²) in [4.78, 5) is 13.5. The second-order valence-corrected chi connectivity index (χ2v) is 6.76. The molecule has 2 atom stereocenters.